The van der Waals surface area contributed by atoms with Crippen LogP contribution in [0.1, 0.15) is 6.42 Å². The Kier molecular flexibility index (Phi) is 3.32. The molecule has 112 valence electrons. The molecule has 1 saturated heterocycles. The Balaban J connectivity index is 1.77. The first-order valence-corrected chi connectivity index (χ1v) is 6.56. The van der Waals surface area contributed by atoms with E-state index < -0.39 is 30.9 Å². The van der Waals surface area contributed by atoms with Crippen LogP contribution in [0.2, 0.25) is 0 Å². The number of rotatable bonds is 2. The van der Waals surface area contributed by atoms with Crippen molar-refractivity contribution in [2.45, 2.75) is 25.0 Å². The molecule has 21 heavy (non-hydrogen) atoms. The maximum absolute atomic E-state index is 13.4. The van der Waals surface area contributed by atoms with Gasteiger partial charge >= 0.3 is 0 Å². The number of aliphatic hydroxyl groups is 1. The minimum absolute atomic E-state index is 0.0823. The largest absolute Gasteiger partial charge is 0.391 e. The van der Waals surface area contributed by atoms with Crippen LogP contribution >= 0.6 is 0 Å². The highest BCUT2D eigenvalue weighted by Crippen LogP contribution is 2.27. The van der Waals surface area contributed by atoms with E-state index in [-0.39, 0.29) is 13.1 Å². The van der Waals surface area contributed by atoms with Crippen molar-refractivity contribution < 1.29 is 18.7 Å². The number of hydrogen-bond donors (Lipinski definition) is 1. The van der Waals surface area contributed by atoms with Crippen LogP contribution in [0, 0.1) is 0 Å². The Bertz CT molecular complexity index is 673. The van der Waals surface area contributed by atoms with E-state index in [1.165, 1.54) is 4.68 Å². The van der Waals surface area contributed by atoms with Crippen LogP contribution in [-0.2, 0) is 11.3 Å². The van der Waals surface area contributed by atoms with Gasteiger partial charge in [-0.25, -0.2) is 13.5 Å². The van der Waals surface area contributed by atoms with Gasteiger partial charge in [-0.15, -0.1) is 5.10 Å². The first-order valence-electron chi connectivity index (χ1n) is 6.56. The highest BCUT2D eigenvalue weighted by Gasteiger charge is 2.41. The van der Waals surface area contributed by atoms with Gasteiger partial charge < -0.3 is 10.0 Å². The second-order valence-corrected chi connectivity index (χ2v) is 5.22. The summed E-state index contributed by atoms with van der Waals surface area (Å²) >= 11 is 0. The fourth-order valence-electron chi connectivity index (χ4n) is 2.52. The second kappa shape index (κ2) is 5.03. The highest BCUT2D eigenvalue weighted by molar-refractivity contribution is 5.80. The molecule has 8 heteroatoms. The van der Waals surface area contributed by atoms with E-state index in [0.717, 1.165) is 4.90 Å². The van der Waals surface area contributed by atoms with E-state index in [2.05, 4.69) is 10.3 Å². The Morgan fingerprint density at radius 2 is 2.19 bits per heavy atom. The zero-order valence-corrected chi connectivity index (χ0v) is 11.1. The van der Waals surface area contributed by atoms with Crippen LogP contribution in [0.3, 0.4) is 0 Å². The number of para-hydroxylation sites is 1. The lowest BCUT2D eigenvalue weighted by Crippen LogP contribution is -2.52. The summed E-state index contributed by atoms with van der Waals surface area (Å²) in [6, 6.07) is 7.08. The summed E-state index contributed by atoms with van der Waals surface area (Å²) in [6.45, 7) is -0.931. The lowest BCUT2D eigenvalue weighted by Gasteiger charge is -2.35. The van der Waals surface area contributed by atoms with Crippen LogP contribution < -0.4 is 0 Å². The molecule has 6 nitrogen and oxygen atoms in total. The molecule has 1 fully saturated rings. The molecule has 0 bridgehead atoms. The number of β-amino-alcohol motifs (C(OH)–C–C–N with tert-alkyl or cyclic N) is 1. The topological polar surface area (TPSA) is 71.2 Å². The van der Waals surface area contributed by atoms with E-state index in [4.69, 9.17) is 0 Å². The van der Waals surface area contributed by atoms with Crippen molar-refractivity contribution >= 4 is 16.9 Å². The molecular formula is C13H14F2N4O2. The quantitative estimate of drug-likeness (QED) is 0.884. The first-order chi connectivity index (χ1) is 9.94. The molecule has 1 aromatic carbocycles. The maximum atomic E-state index is 13.4. The Morgan fingerprint density at radius 3 is 2.95 bits per heavy atom. The van der Waals surface area contributed by atoms with Crippen molar-refractivity contribution in [1.82, 2.24) is 19.9 Å². The third-order valence-corrected chi connectivity index (χ3v) is 3.45. The molecule has 1 amide bonds. The molecule has 1 atom stereocenters. The molecule has 1 aromatic heterocycles. The maximum Gasteiger partial charge on any atom is 0.267 e. The van der Waals surface area contributed by atoms with Crippen molar-refractivity contribution in [3.63, 3.8) is 0 Å². The van der Waals surface area contributed by atoms with E-state index in [1.807, 2.05) is 0 Å². The number of aliphatic hydroxyl groups excluding tert-OH is 1. The molecule has 1 unspecified atom stereocenters. The minimum atomic E-state index is -3.06. The molecule has 0 radical (unpaired) electrons. The molecule has 1 aliphatic heterocycles. The fourth-order valence-corrected chi connectivity index (χ4v) is 2.52. The van der Waals surface area contributed by atoms with Gasteiger partial charge in [-0.1, -0.05) is 17.3 Å². The molecule has 0 aliphatic carbocycles. The zero-order chi connectivity index (χ0) is 15.0. The SMILES string of the molecule is O=C(Cn1nnc2ccccc21)N1CC(O)CC(F)(F)C1. The fraction of sp³-hybridized carbons (Fsp3) is 0.462. The van der Waals surface area contributed by atoms with Gasteiger partial charge in [0, 0.05) is 13.0 Å². The number of halogens is 2. The average Bonchev–Trinajstić information content (AvgIpc) is 2.80. The molecule has 3 rings (SSSR count). The summed E-state index contributed by atoms with van der Waals surface area (Å²) in [5, 5.41) is 17.2. The molecule has 1 N–H and O–H groups in total. The number of benzene rings is 1. The molecule has 2 aromatic rings. The number of alkyl halides is 2. The van der Waals surface area contributed by atoms with Crippen LogP contribution in [0.15, 0.2) is 24.3 Å². The normalized spacial score (nSPS) is 21.7. The number of nitrogens with zero attached hydrogens (tertiary/aromatic N) is 4. The number of piperidine rings is 1. The van der Waals surface area contributed by atoms with Gasteiger partial charge in [-0.3, -0.25) is 4.79 Å². The third kappa shape index (κ3) is 2.85. The van der Waals surface area contributed by atoms with Crippen molar-refractivity contribution in [3.8, 4) is 0 Å². The van der Waals surface area contributed by atoms with Gasteiger partial charge in [-0.2, -0.15) is 0 Å². The van der Waals surface area contributed by atoms with Crippen molar-refractivity contribution in [2.75, 3.05) is 13.1 Å². The van der Waals surface area contributed by atoms with Crippen molar-refractivity contribution in [1.29, 1.82) is 0 Å². The van der Waals surface area contributed by atoms with Gasteiger partial charge in [0.25, 0.3) is 5.92 Å². The van der Waals surface area contributed by atoms with Crippen LogP contribution in [0.5, 0.6) is 0 Å². The summed E-state index contributed by atoms with van der Waals surface area (Å²) in [4.78, 5) is 13.1. The van der Waals surface area contributed by atoms with Crippen molar-refractivity contribution in [2.24, 2.45) is 0 Å². The van der Waals surface area contributed by atoms with E-state index >= 15 is 0 Å². The van der Waals surface area contributed by atoms with Crippen LogP contribution in [-0.4, -0.2) is 56.0 Å². The Labute approximate surface area is 119 Å². The minimum Gasteiger partial charge on any atom is -0.391 e. The standard InChI is InChI=1S/C13H14F2N4O2/c14-13(15)5-9(20)6-18(8-13)12(21)7-19-11-4-2-1-3-10(11)16-17-19/h1-4,9,20H,5-8H2. The number of likely N-dealkylation sites (tertiary alicyclic amines) is 1. The summed E-state index contributed by atoms with van der Waals surface area (Å²) in [6.07, 6.45) is -1.81. The van der Waals surface area contributed by atoms with E-state index in [9.17, 15) is 18.7 Å². The number of carbonyl (C=O) groups excluding carboxylic acids is 1. The number of carbonyl (C=O) groups is 1. The van der Waals surface area contributed by atoms with E-state index in [1.54, 1.807) is 24.3 Å². The zero-order valence-electron chi connectivity index (χ0n) is 11.1. The molecule has 1 aliphatic rings. The molecular weight excluding hydrogens is 282 g/mol. The lowest BCUT2D eigenvalue weighted by atomic mass is 10.0. The summed E-state index contributed by atoms with van der Waals surface area (Å²) < 4.78 is 28.2. The molecule has 0 saturated carbocycles. The first kappa shape index (κ1) is 13.9. The second-order valence-electron chi connectivity index (χ2n) is 5.22. The number of aromatic nitrogens is 3. The van der Waals surface area contributed by atoms with Gasteiger partial charge in [0.2, 0.25) is 5.91 Å². The summed E-state index contributed by atoms with van der Waals surface area (Å²) in [7, 11) is 0. The highest BCUT2D eigenvalue weighted by atomic mass is 19.3. The molecule has 0 spiro atoms. The third-order valence-electron chi connectivity index (χ3n) is 3.45. The average molecular weight is 296 g/mol. The van der Waals surface area contributed by atoms with Crippen molar-refractivity contribution in [3.05, 3.63) is 24.3 Å². The van der Waals surface area contributed by atoms with Crippen LogP contribution in [0.25, 0.3) is 11.0 Å². The number of hydrogen-bond acceptors (Lipinski definition) is 4. The van der Waals surface area contributed by atoms with Gasteiger partial charge in [-0.05, 0) is 12.1 Å². The van der Waals surface area contributed by atoms with Crippen LogP contribution in [0.4, 0.5) is 8.78 Å². The number of fused-ring (bicyclic) bond motifs is 1. The monoisotopic (exact) mass is 296 g/mol. The smallest absolute Gasteiger partial charge is 0.267 e. The molecule has 2 heterocycles. The Hall–Kier alpha value is -2.09. The van der Waals surface area contributed by atoms with E-state index in [0.29, 0.717) is 11.0 Å². The Morgan fingerprint density at radius 1 is 1.43 bits per heavy atom. The lowest BCUT2D eigenvalue weighted by molar-refractivity contribution is -0.151. The van der Waals surface area contributed by atoms with Gasteiger partial charge in [0.15, 0.2) is 0 Å². The summed E-state index contributed by atoms with van der Waals surface area (Å²) in [5.74, 6) is -3.57. The predicted octanol–water partition coefficient (Wildman–Crippen LogP) is 0.660. The van der Waals surface area contributed by atoms with Gasteiger partial charge in [0.05, 0.1) is 18.2 Å². The van der Waals surface area contributed by atoms with Gasteiger partial charge in [0.1, 0.15) is 12.1 Å². The predicted molar refractivity (Wildman–Crippen MR) is 69.7 cm³/mol. The number of amides is 1. The summed E-state index contributed by atoms with van der Waals surface area (Å²) in [5.41, 5.74) is 1.30.